The number of nitrogens with zero attached hydrogens (tertiary/aromatic N) is 2. The van der Waals surface area contributed by atoms with Gasteiger partial charge in [-0.1, -0.05) is 12.1 Å². The zero-order chi connectivity index (χ0) is 17.1. The van der Waals surface area contributed by atoms with Crippen molar-refractivity contribution in [3.8, 4) is 11.5 Å². The van der Waals surface area contributed by atoms with E-state index in [0.717, 1.165) is 56.9 Å². The highest BCUT2D eigenvalue weighted by molar-refractivity contribution is 5.76. The minimum absolute atomic E-state index is 0.319. The molecule has 0 unspecified atom stereocenters. The molecule has 5 heteroatoms. The standard InChI is InChI=1S/C20H28N2O3/c23-19(22-10-2-1-3-11-22)9-13-21-12-5-7-17(21)16-6-4-8-18-20(16)25-15-14-24-18/h4,6,8,17H,1-3,5,7,9-15H2/t17-/m0/s1. The second-order valence-electron chi connectivity index (χ2n) is 7.26. The lowest BCUT2D eigenvalue weighted by atomic mass is 10.0. The molecular formula is C20H28N2O3. The number of benzene rings is 1. The molecule has 1 aromatic carbocycles. The first-order valence-corrected chi connectivity index (χ1v) is 9.73. The average Bonchev–Trinajstić information content (AvgIpc) is 3.14. The van der Waals surface area contributed by atoms with Crippen molar-refractivity contribution in [2.24, 2.45) is 0 Å². The highest BCUT2D eigenvalue weighted by Gasteiger charge is 2.31. The molecule has 0 aliphatic carbocycles. The van der Waals surface area contributed by atoms with E-state index < -0.39 is 0 Å². The molecular weight excluding hydrogens is 316 g/mol. The number of likely N-dealkylation sites (tertiary alicyclic amines) is 2. The van der Waals surface area contributed by atoms with Gasteiger partial charge in [0.15, 0.2) is 11.5 Å². The molecule has 0 saturated carbocycles. The van der Waals surface area contributed by atoms with Crippen molar-refractivity contribution < 1.29 is 14.3 Å². The van der Waals surface area contributed by atoms with Crippen LogP contribution in [0.3, 0.4) is 0 Å². The monoisotopic (exact) mass is 344 g/mol. The van der Waals surface area contributed by atoms with E-state index in [1.807, 2.05) is 6.07 Å². The molecule has 0 bridgehead atoms. The third kappa shape index (κ3) is 3.61. The predicted octanol–water partition coefficient (Wildman–Crippen LogP) is 3.00. The van der Waals surface area contributed by atoms with Crippen molar-refractivity contribution >= 4 is 5.91 Å². The summed E-state index contributed by atoms with van der Waals surface area (Å²) in [6.45, 7) is 5.02. The van der Waals surface area contributed by atoms with Gasteiger partial charge >= 0.3 is 0 Å². The maximum Gasteiger partial charge on any atom is 0.223 e. The van der Waals surface area contributed by atoms with E-state index in [4.69, 9.17) is 9.47 Å². The average molecular weight is 344 g/mol. The van der Waals surface area contributed by atoms with Gasteiger partial charge in [-0.2, -0.15) is 0 Å². The van der Waals surface area contributed by atoms with Gasteiger partial charge in [-0.25, -0.2) is 0 Å². The molecule has 3 aliphatic rings. The lowest BCUT2D eigenvalue weighted by molar-refractivity contribution is -0.132. The maximum atomic E-state index is 12.5. The van der Waals surface area contributed by atoms with Crippen molar-refractivity contribution in [1.82, 2.24) is 9.80 Å². The van der Waals surface area contributed by atoms with Crippen molar-refractivity contribution in [2.75, 3.05) is 39.4 Å². The second-order valence-corrected chi connectivity index (χ2v) is 7.26. The normalized spacial score (nSPS) is 23.7. The number of para-hydroxylation sites is 1. The highest BCUT2D eigenvalue weighted by atomic mass is 16.6. The Morgan fingerprint density at radius 2 is 1.88 bits per heavy atom. The molecule has 136 valence electrons. The summed E-state index contributed by atoms with van der Waals surface area (Å²) in [5.41, 5.74) is 1.22. The largest absolute Gasteiger partial charge is 0.486 e. The van der Waals surface area contributed by atoms with Crippen LogP contribution in [-0.2, 0) is 4.79 Å². The summed E-state index contributed by atoms with van der Waals surface area (Å²) in [5.74, 6) is 2.09. The first kappa shape index (κ1) is 16.7. The lowest BCUT2D eigenvalue weighted by Gasteiger charge is -2.30. The number of carbonyl (C=O) groups is 1. The van der Waals surface area contributed by atoms with Gasteiger partial charge in [0, 0.05) is 37.7 Å². The third-order valence-electron chi connectivity index (χ3n) is 5.64. The van der Waals surface area contributed by atoms with Gasteiger partial charge in [0.25, 0.3) is 0 Å². The minimum Gasteiger partial charge on any atom is -0.486 e. The molecule has 25 heavy (non-hydrogen) atoms. The van der Waals surface area contributed by atoms with Crippen LogP contribution in [0.25, 0.3) is 0 Å². The zero-order valence-corrected chi connectivity index (χ0v) is 14.9. The van der Waals surface area contributed by atoms with E-state index >= 15 is 0 Å². The van der Waals surface area contributed by atoms with Crippen LogP contribution >= 0.6 is 0 Å². The Morgan fingerprint density at radius 1 is 1.04 bits per heavy atom. The first-order chi connectivity index (χ1) is 12.3. The van der Waals surface area contributed by atoms with Crippen molar-refractivity contribution in [2.45, 2.75) is 44.6 Å². The highest BCUT2D eigenvalue weighted by Crippen LogP contribution is 2.42. The van der Waals surface area contributed by atoms with Crippen LogP contribution in [0.5, 0.6) is 11.5 Å². The zero-order valence-electron chi connectivity index (χ0n) is 14.9. The molecule has 4 rings (SSSR count). The van der Waals surface area contributed by atoms with Crippen molar-refractivity contribution in [3.63, 3.8) is 0 Å². The minimum atomic E-state index is 0.319. The summed E-state index contributed by atoms with van der Waals surface area (Å²) in [4.78, 5) is 17.0. The number of hydrogen-bond donors (Lipinski definition) is 0. The fourth-order valence-electron chi connectivity index (χ4n) is 4.35. The van der Waals surface area contributed by atoms with E-state index in [-0.39, 0.29) is 0 Å². The Balaban J connectivity index is 1.42. The van der Waals surface area contributed by atoms with E-state index in [1.165, 1.54) is 18.4 Å². The topological polar surface area (TPSA) is 42.0 Å². The lowest BCUT2D eigenvalue weighted by Crippen LogP contribution is -2.37. The number of hydrogen-bond acceptors (Lipinski definition) is 4. The van der Waals surface area contributed by atoms with Crippen LogP contribution in [0.4, 0.5) is 0 Å². The fourth-order valence-corrected chi connectivity index (χ4v) is 4.35. The number of amides is 1. The van der Waals surface area contributed by atoms with Gasteiger partial charge in [-0.15, -0.1) is 0 Å². The number of ether oxygens (including phenoxy) is 2. The third-order valence-corrected chi connectivity index (χ3v) is 5.64. The summed E-state index contributed by atoms with van der Waals surface area (Å²) < 4.78 is 11.6. The fraction of sp³-hybridized carbons (Fsp3) is 0.650. The van der Waals surface area contributed by atoms with Gasteiger partial charge in [0.1, 0.15) is 13.2 Å². The van der Waals surface area contributed by atoms with Crippen LogP contribution in [0.1, 0.15) is 50.1 Å². The van der Waals surface area contributed by atoms with E-state index in [2.05, 4.69) is 21.9 Å². The molecule has 2 fully saturated rings. The van der Waals surface area contributed by atoms with Gasteiger partial charge < -0.3 is 14.4 Å². The number of piperidine rings is 1. The Bertz CT molecular complexity index is 613. The van der Waals surface area contributed by atoms with E-state index in [0.29, 0.717) is 31.6 Å². The molecule has 0 aromatic heterocycles. The molecule has 0 N–H and O–H groups in total. The Hall–Kier alpha value is -1.75. The summed E-state index contributed by atoms with van der Waals surface area (Å²) in [5, 5.41) is 0. The van der Waals surface area contributed by atoms with E-state index in [9.17, 15) is 4.79 Å². The molecule has 5 nitrogen and oxygen atoms in total. The number of carbonyl (C=O) groups excluding carboxylic acids is 1. The van der Waals surface area contributed by atoms with Crippen LogP contribution in [0.2, 0.25) is 0 Å². The SMILES string of the molecule is O=C(CCN1CCC[C@H]1c1cccc2c1OCCO2)N1CCCCC1. The van der Waals surface area contributed by atoms with Crippen molar-refractivity contribution in [3.05, 3.63) is 23.8 Å². The molecule has 3 heterocycles. The molecule has 1 atom stereocenters. The molecule has 3 aliphatic heterocycles. The molecule has 1 aromatic rings. The van der Waals surface area contributed by atoms with Crippen LogP contribution in [0, 0.1) is 0 Å². The predicted molar refractivity (Wildman–Crippen MR) is 96.0 cm³/mol. The Labute approximate surface area is 149 Å². The van der Waals surface area contributed by atoms with Crippen molar-refractivity contribution in [1.29, 1.82) is 0 Å². The number of fused-ring (bicyclic) bond motifs is 1. The quantitative estimate of drug-likeness (QED) is 0.842. The summed E-state index contributed by atoms with van der Waals surface area (Å²) in [6.07, 6.45) is 6.50. The first-order valence-electron chi connectivity index (χ1n) is 9.73. The maximum absolute atomic E-state index is 12.5. The molecule has 0 spiro atoms. The Morgan fingerprint density at radius 3 is 2.76 bits per heavy atom. The smallest absolute Gasteiger partial charge is 0.223 e. The van der Waals surface area contributed by atoms with Crippen LogP contribution < -0.4 is 9.47 Å². The van der Waals surface area contributed by atoms with Gasteiger partial charge in [-0.05, 0) is 44.7 Å². The molecule has 0 radical (unpaired) electrons. The summed E-state index contributed by atoms with van der Waals surface area (Å²) in [6, 6.07) is 6.53. The van der Waals surface area contributed by atoms with Gasteiger partial charge in [0.2, 0.25) is 5.91 Å². The Kier molecular flexibility index (Phi) is 5.11. The summed E-state index contributed by atoms with van der Waals surface area (Å²) in [7, 11) is 0. The van der Waals surface area contributed by atoms with Gasteiger partial charge in [0.05, 0.1) is 0 Å². The second kappa shape index (κ2) is 7.65. The van der Waals surface area contributed by atoms with Crippen LogP contribution in [0.15, 0.2) is 18.2 Å². The number of rotatable bonds is 4. The van der Waals surface area contributed by atoms with E-state index in [1.54, 1.807) is 0 Å². The van der Waals surface area contributed by atoms with Gasteiger partial charge in [-0.3, -0.25) is 9.69 Å². The van der Waals surface area contributed by atoms with Crippen LogP contribution in [-0.4, -0.2) is 55.1 Å². The molecule has 2 saturated heterocycles. The summed E-state index contributed by atoms with van der Waals surface area (Å²) >= 11 is 0. The molecule has 1 amide bonds.